The highest BCUT2D eigenvalue weighted by molar-refractivity contribution is 6.04. The summed E-state index contributed by atoms with van der Waals surface area (Å²) < 4.78 is 5.79. The second-order valence-corrected chi connectivity index (χ2v) is 6.28. The molecule has 0 saturated carbocycles. The third-order valence-electron chi connectivity index (χ3n) is 4.13. The Morgan fingerprint density at radius 1 is 0.857 bits per heavy atom. The van der Waals surface area contributed by atoms with Crippen LogP contribution in [-0.4, -0.2) is 16.8 Å². The zero-order valence-electron chi connectivity index (χ0n) is 15.1. The number of benzene rings is 3. The molecule has 0 aliphatic carbocycles. The number of nitrogens with zero attached hydrogens (tertiary/aromatic N) is 1. The van der Waals surface area contributed by atoms with Crippen molar-refractivity contribution in [1.82, 2.24) is 4.98 Å². The number of hydrogen-bond acceptors (Lipinski definition) is 4. The highest BCUT2D eigenvalue weighted by Gasteiger charge is 2.10. The molecule has 138 valence electrons. The zero-order valence-corrected chi connectivity index (χ0v) is 15.1. The number of fused-ring (bicyclic) bond motifs is 1. The fraction of sp³-hybridized carbons (Fsp3) is 0.0455. The lowest BCUT2D eigenvalue weighted by atomic mass is 10.1. The van der Waals surface area contributed by atoms with Crippen molar-refractivity contribution < 1.29 is 14.0 Å². The molecule has 1 heterocycles. The quantitative estimate of drug-likeness (QED) is 0.544. The Balaban J connectivity index is 1.53. The summed E-state index contributed by atoms with van der Waals surface area (Å²) in [7, 11) is 0. The molecular weight excluding hydrogens is 354 g/mol. The van der Waals surface area contributed by atoms with Crippen LogP contribution < -0.4 is 10.6 Å². The Hall–Kier alpha value is -3.93. The summed E-state index contributed by atoms with van der Waals surface area (Å²) in [4.78, 5) is 28.1. The van der Waals surface area contributed by atoms with E-state index in [0.717, 1.165) is 11.1 Å². The number of para-hydroxylation sites is 2. The van der Waals surface area contributed by atoms with E-state index < -0.39 is 0 Å². The molecule has 28 heavy (non-hydrogen) atoms. The number of carbonyl (C=O) groups is 2. The van der Waals surface area contributed by atoms with Crippen molar-refractivity contribution in [2.45, 2.75) is 6.92 Å². The molecule has 2 amide bonds. The van der Waals surface area contributed by atoms with E-state index in [4.69, 9.17) is 4.42 Å². The molecule has 0 atom stereocenters. The lowest BCUT2D eigenvalue weighted by molar-refractivity contribution is -0.114. The number of amides is 2. The predicted octanol–water partition coefficient (Wildman–Crippen LogP) is 4.71. The summed E-state index contributed by atoms with van der Waals surface area (Å²) in [6.07, 6.45) is 0. The Morgan fingerprint density at radius 3 is 2.39 bits per heavy atom. The number of anilines is 2. The minimum atomic E-state index is -0.246. The molecule has 0 bridgehead atoms. The van der Waals surface area contributed by atoms with Gasteiger partial charge in [0.05, 0.1) is 0 Å². The van der Waals surface area contributed by atoms with Gasteiger partial charge in [0.2, 0.25) is 11.8 Å². The number of hydrogen-bond donors (Lipinski definition) is 2. The highest BCUT2D eigenvalue weighted by Crippen LogP contribution is 2.26. The molecular formula is C22H17N3O3. The molecule has 0 saturated heterocycles. The van der Waals surface area contributed by atoms with E-state index in [2.05, 4.69) is 15.6 Å². The van der Waals surface area contributed by atoms with Gasteiger partial charge in [0.15, 0.2) is 5.58 Å². The van der Waals surface area contributed by atoms with Gasteiger partial charge in [-0.25, -0.2) is 4.98 Å². The summed E-state index contributed by atoms with van der Waals surface area (Å²) in [5.41, 5.74) is 4.03. The Bertz CT molecular complexity index is 1130. The lowest BCUT2D eigenvalue weighted by Crippen LogP contribution is -2.12. The van der Waals surface area contributed by atoms with Gasteiger partial charge in [-0.05, 0) is 54.6 Å². The van der Waals surface area contributed by atoms with E-state index in [-0.39, 0.29) is 11.8 Å². The van der Waals surface area contributed by atoms with E-state index in [9.17, 15) is 9.59 Å². The minimum absolute atomic E-state index is 0.159. The largest absolute Gasteiger partial charge is 0.436 e. The van der Waals surface area contributed by atoms with Crippen molar-refractivity contribution in [3.63, 3.8) is 0 Å². The Labute approximate surface area is 161 Å². The van der Waals surface area contributed by atoms with E-state index in [1.807, 2.05) is 42.5 Å². The highest BCUT2D eigenvalue weighted by atomic mass is 16.3. The first-order valence-corrected chi connectivity index (χ1v) is 8.73. The van der Waals surface area contributed by atoms with Gasteiger partial charge in [-0.3, -0.25) is 9.59 Å². The van der Waals surface area contributed by atoms with Crippen LogP contribution in [0.25, 0.3) is 22.6 Å². The van der Waals surface area contributed by atoms with Gasteiger partial charge < -0.3 is 15.1 Å². The SMILES string of the molecule is CC(=O)Nc1ccc(C(=O)Nc2cccc(-c3nc4ccccc4o3)c2)cc1. The molecule has 6 nitrogen and oxygen atoms in total. The van der Waals surface area contributed by atoms with Gasteiger partial charge >= 0.3 is 0 Å². The Kier molecular flexibility index (Phi) is 4.60. The monoisotopic (exact) mass is 371 g/mol. The third kappa shape index (κ3) is 3.76. The zero-order chi connectivity index (χ0) is 19.5. The molecule has 0 aliphatic heterocycles. The molecule has 4 rings (SSSR count). The van der Waals surface area contributed by atoms with Gasteiger partial charge in [-0.15, -0.1) is 0 Å². The maximum atomic E-state index is 12.5. The topological polar surface area (TPSA) is 84.2 Å². The average Bonchev–Trinajstić information content (AvgIpc) is 3.12. The van der Waals surface area contributed by atoms with Crippen molar-refractivity contribution in [2.75, 3.05) is 10.6 Å². The van der Waals surface area contributed by atoms with Crippen LogP contribution in [0.4, 0.5) is 11.4 Å². The predicted molar refractivity (Wildman–Crippen MR) is 108 cm³/mol. The number of rotatable bonds is 4. The maximum absolute atomic E-state index is 12.5. The summed E-state index contributed by atoms with van der Waals surface area (Å²) >= 11 is 0. The van der Waals surface area contributed by atoms with Crippen molar-refractivity contribution in [3.05, 3.63) is 78.4 Å². The van der Waals surface area contributed by atoms with Crippen molar-refractivity contribution in [3.8, 4) is 11.5 Å². The van der Waals surface area contributed by atoms with Crippen LogP contribution in [0.5, 0.6) is 0 Å². The first-order chi connectivity index (χ1) is 13.6. The smallest absolute Gasteiger partial charge is 0.255 e. The summed E-state index contributed by atoms with van der Waals surface area (Å²) in [5, 5.41) is 5.54. The number of carbonyl (C=O) groups excluding carboxylic acids is 2. The molecule has 0 aliphatic rings. The normalized spacial score (nSPS) is 10.6. The first-order valence-electron chi connectivity index (χ1n) is 8.73. The van der Waals surface area contributed by atoms with Crippen LogP contribution in [0, 0.1) is 0 Å². The van der Waals surface area contributed by atoms with Crippen LogP contribution in [-0.2, 0) is 4.79 Å². The fourth-order valence-corrected chi connectivity index (χ4v) is 2.84. The minimum Gasteiger partial charge on any atom is -0.436 e. The molecule has 0 spiro atoms. The average molecular weight is 371 g/mol. The number of oxazole rings is 1. The molecule has 0 fully saturated rings. The summed E-state index contributed by atoms with van der Waals surface area (Å²) in [6.45, 7) is 1.43. The molecule has 0 unspecified atom stereocenters. The maximum Gasteiger partial charge on any atom is 0.255 e. The third-order valence-corrected chi connectivity index (χ3v) is 4.13. The molecule has 6 heteroatoms. The lowest BCUT2D eigenvalue weighted by Gasteiger charge is -2.07. The van der Waals surface area contributed by atoms with Crippen molar-refractivity contribution in [2.24, 2.45) is 0 Å². The van der Waals surface area contributed by atoms with Crippen LogP contribution in [0.3, 0.4) is 0 Å². The van der Waals surface area contributed by atoms with Crippen LogP contribution >= 0.6 is 0 Å². The van der Waals surface area contributed by atoms with Gasteiger partial charge in [0.1, 0.15) is 5.52 Å². The van der Waals surface area contributed by atoms with Crippen LogP contribution in [0.15, 0.2) is 77.2 Å². The molecule has 2 N–H and O–H groups in total. The van der Waals surface area contributed by atoms with Crippen LogP contribution in [0.1, 0.15) is 17.3 Å². The van der Waals surface area contributed by atoms with E-state index >= 15 is 0 Å². The summed E-state index contributed by atoms with van der Waals surface area (Å²) in [6, 6.07) is 21.6. The fourth-order valence-electron chi connectivity index (χ4n) is 2.84. The van der Waals surface area contributed by atoms with E-state index in [1.54, 1.807) is 30.3 Å². The first kappa shape index (κ1) is 17.5. The molecule has 4 aromatic rings. The van der Waals surface area contributed by atoms with Gasteiger partial charge in [-0.1, -0.05) is 18.2 Å². The molecule has 3 aromatic carbocycles. The standard InChI is InChI=1S/C22H17N3O3/c1-14(26)23-17-11-9-15(10-12-17)21(27)24-18-6-4-5-16(13-18)22-25-19-7-2-3-8-20(19)28-22/h2-13H,1H3,(H,23,26)(H,24,27). The van der Waals surface area contributed by atoms with Gasteiger partial charge in [-0.2, -0.15) is 0 Å². The van der Waals surface area contributed by atoms with Crippen molar-refractivity contribution in [1.29, 1.82) is 0 Å². The number of nitrogens with one attached hydrogen (secondary N) is 2. The Morgan fingerprint density at radius 2 is 1.64 bits per heavy atom. The number of aromatic nitrogens is 1. The summed E-state index contributed by atoms with van der Waals surface area (Å²) in [5.74, 6) is 0.0919. The van der Waals surface area contributed by atoms with Gasteiger partial charge in [0, 0.05) is 29.4 Å². The molecule has 0 radical (unpaired) electrons. The molecule has 1 aromatic heterocycles. The van der Waals surface area contributed by atoms with E-state index in [1.165, 1.54) is 6.92 Å². The second kappa shape index (κ2) is 7.36. The van der Waals surface area contributed by atoms with Crippen molar-refractivity contribution >= 4 is 34.3 Å². The second-order valence-electron chi connectivity index (χ2n) is 6.28. The van der Waals surface area contributed by atoms with Gasteiger partial charge in [0.25, 0.3) is 5.91 Å². The van der Waals surface area contributed by atoms with Crippen LogP contribution in [0.2, 0.25) is 0 Å². The van der Waals surface area contributed by atoms with E-state index in [0.29, 0.717) is 28.4 Å².